The molecule has 0 bridgehead atoms. The molecule has 0 aliphatic carbocycles. The van der Waals surface area contributed by atoms with Crippen molar-refractivity contribution in [1.82, 2.24) is 5.32 Å². The van der Waals surface area contributed by atoms with Gasteiger partial charge in [0.1, 0.15) is 13.2 Å². The Morgan fingerprint density at radius 2 is 1.45 bits per heavy atom. The van der Waals surface area contributed by atoms with Crippen LogP contribution in [0.15, 0.2) is 72.8 Å². The van der Waals surface area contributed by atoms with Crippen molar-refractivity contribution in [3.05, 3.63) is 99.5 Å². The van der Waals surface area contributed by atoms with Crippen LogP contribution in [0.4, 0.5) is 5.69 Å². The molecule has 0 saturated heterocycles. The Morgan fingerprint density at radius 1 is 0.774 bits per heavy atom. The van der Waals surface area contributed by atoms with Gasteiger partial charge in [0.05, 0.1) is 10.0 Å². The van der Waals surface area contributed by atoms with E-state index in [1.165, 1.54) is 18.2 Å². The van der Waals surface area contributed by atoms with Gasteiger partial charge in [-0.25, -0.2) is 0 Å². The summed E-state index contributed by atoms with van der Waals surface area (Å²) in [4.78, 5) is 36.2. The lowest BCUT2D eigenvalue weighted by Gasteiger charge is -2.08. The summed E-state index contributed by atoms with van der Waals surface area (Å²) in [6, 6.07) is 20.2. The molecule has 3 aromatic rings. The van der Waals surface area contributed by atoms with Gasteiger partial charge in [0.25, 0.3) is 11.8 Å². The molecule has 158 valence electrons. The molecule has 3 rings (SSSR count). The van der Waals surface area contributed by atoms with E-state index < -0.39 is 11.9 Å². The predicted molar refractivity (Wildman–Crippen MR) is 119 cm³/mol. The maximum absolute atomic E-state index is 12.2. The van der Waals surface area contributed by atoms with Crippen LogP contribution in [0.1, 0.15) is 26.3 Å². The quantitative estimate of drug-likeness (QED) is 0.503. The minimum Gasteiger partial charge on any atom is -0.460 e. The lowest BCUT2D eigenvalue weighted by molar-refractivity contribution is -0.143. The summed E-state index contributed by atoms with van der Waals surface area (Å²) in [5.41, 5.74) is 2.17. The van der Waals surface area contributed by atoms with Gasteiger partial charge in [-0.3, -0.25) is 14.4 Å². The molecule has 2 amide bonds. The summed E-state index contributed by atoms with van der Waals surface area (Å²) >= 11 is 11.7. The highest BCUT2D eigenvalue weighted by molar-refractivity contribution is 6.42. The Morgan fingerprint density at radius 3 is 2.13 bits per heavy atom. The Bertz CT molecular complexity index is 1090. The van der Waals surface area contributed by atoms with E-state index in [4.69, 9.17) is 27.9 Å². The van der Waals surface area contributed by atoms with Crippen molar-refractivity contribution in [2.75, 3.05) is 11.9 Å². The van der Waals surface area contributed by atoms with Crippen molar-refractivity contribution >= 4 is 46.7 Å². The van der Waals surface area contributed by atoms with Crippen LogP contribution in [0.25, 0.3) is 0 Å². The molecule has 0 unspecified atom stereocenters. The first-order chi connectivity index (χ1) is 14.9. The van der Waals surface area contributed by atoms with Crippen LogP contribution in [-0.4, -0.2) is 24.3 Å². The molecule has 3 aromatic carbocycles. The van der Waals surface area contributed by atoms with Crippen LogP contribution in [0.3, 0.4) is 0 Å². The number of para-hydroxylation sites is 1. The van der Waals surface area contributed by atoms with E-state index in [1.54, 1.807) is 36.4 Å². The highest BCUT2D eigenvalue weighted by atomic mass is 35.5. The van der Waals surface area contributed by atoms with Crippen LogP contribution < -0.4 is 10.6 Å². The third kappa shape index (κ3) is 6.57. The monoisotopic (exact) mass is 456 g/mol. The van der Waals surface area contributed by atoms with Gasteiger partial charge in [-0.05, 0) is 48.0 Å². The number of anilines is 1. The van der Waals surface area contributed by atoms with Gasteiger partial charge >= 0.3 is 5.97 Å². The Balaban J connectivity index is 1.45. The first kappa shape index (κ1) is 22.3. The molecule has 0 radical (unpaired) electrons. The fourth-order valence-electron chi connectivity index (χ4n) is 2.58. The second-order valence-corrected chi connectivity index (χ2v) is 7.30. The Kier molecular flexibility index (Phi) is 7.65. The third-order valence-corrected chi connectivity index (χ3v) is 4.96. The van der Waals surface area contributed by atoms with Crippen LogP contribution in [0, 0.1) is 0 Å². The molecular weight excluding hydrogens is 439 g/mol. The molecule has 0 aliphatic heterocycles. The highest BCUT2D eigenvalue weighted by Crippen LogP contribution is 2.22. The molecule has 6 nitrogen and oxygen atoms in total. The molecule has 0 fully saturated rings. The summed E-state index contributed by atoms with van der Waals surface area (Å²) in [5.74, 6) is -1.30. The maximum atomic E-state index is 12.2. The number of esters is 1. The minimum absolute atomic E-state index is 0.0159. The van der Waals surface area contributed by atoms with E-state index in [1.807, 2.05) is 18.2 Å². The molecule has 0 atom stereocenters. The fraction of sp³-hybridized carbons (Fsp3) is 0.0870. The predicted octanol–water partition coefficient (Wildman–Crippen LogP) is 4.72. The Labute approximate surface area is 189 Å². The highest BCUT2D eigenvalue weighted by Gasteiger charge is 2.11. The number of hydrogen-bond donors (Lipinski definition) is 2. The van der Waals surface area contributed by atoms with Crippen LogP contribution in [0.5, 0.6) is 0 Å². The number of amides is 2. The van der Waals surface area contributed by atoms with Gasteiger partial charge in [0.15, 0.2) is 0 Å². The number of carbonyl (C=O) groups excluding carboxylic acids is 3. The molecule has 0 saturated carbocycles. The van der Waals surface area contributed by atoms with Crippen LogP contribution in [-0.2, 0) is 16.1 Å². The summed E-state index contributed by atoms with van der Waals surface area (Å²) < 4.78 is 5.15. The van der Waals surface area contributed by atoms with Crippen molar-refractivity contribution in [1.29, 1.82) is 0 Å². The van der Waals surface area contributed by atoms with Gasteiger partial charge in [-0.1, -0.05) is 53.5 Å². The van der Waals surface area contributed by atoms with Gasteiger partial charge in [-0.15, -0.1) is 0 Å². The second-order valence-electron chi connectivity index (χ2n) is 6.49. The number of hydrogen-bond acceptors (Lipinski definition) is 4. The van der Waals surface area contributed by atoms with E-state index in [2.05, 4.69) is 10.6 Å². The lowest BCUT2D eigenvalue weighted by Crippen LogP contribution is -2.30. The normalized spacial score (nSPS) is 10.3. The number of halogens is 2. The average Bonchev–Trinajstić information content (AvgIpc) is 2.79. The smallest absolute Gasteiger partial charge is 0.325 e. The zero-order valence-electron chi connectivity index (χ0n) is 16.2. The lowest BCUT2D eigenvalue weighted by atomic mass is 10.1. The van der Waals surface area contributed by atoms with Crippen molar-refractivity contribution in [2.24, 2.45) is 0 Å². The maximum Gasteiger partial charge on any atom is 0.325 e. The van der Waals surface area contributed by atoms with E-state index in [0.29, 0.717) is 21.8 Å². The Hall–Kier alpha value is -3.35. The molecular formula is C23H18Cl2N2O4. The summed E-state index contributed by atoms with van der Waals surface area (Å²) in [7, 11) is 0. The standard InChI is InChI=1S/C23H18Cl2N2O4/c24-19-11-10-17(12-20(19)25)22(29)26-13-21(28)31-14-15-6-8-16(9-7-15)23(30)27-18-4-2-1-3-5-18/h1-12H,13-14H2,(H,26,29)(H,27,30). The van der Waals surface area contributed by atoms with Gasteiger partial charge in [-0.2, -0.15) is 0 Å². The van der Waals surface area contributed by atoms with Gasteiger partial charge in [0, 0.05) is 16.8 Å². The van der Waals surface area contributed by atoms with Gasteiger partial charge in [0.2, 0.25) is 0 Å². The number of ether oxygens (including phenoxy) is 1. The van der Waals surface area contributed by atoms with Crippen molar-refractivity contribution < 1.29 is 19.1 Å². The first-order valence-corrected chi connectivity index (χ1v) is 10.0. The zero-order valence-corrected chi connectivity index (χ0v) is 17.7. The zero-order chi connectivity index (χ0) is 22.2. The topological polar surface area (TPSA) is 84.5 Å². The third-order valence-electron chi connectivity index (χ3n) is 4.22. The summed E-state index contributed by atoms with van der Waals surface area (Å²) in [6.07, 6.45) is 0. The molecule has 0 aliphatic rings. The molecule has 0 heterocycles. The van der Waals surface area contributed by atoms with E-state index in [0.717, 1.165) is 0 Å². The average molecular weight is 457 g/mol. The number of benzene rings is 3. The van der Waals surface area contributed by atoms with E-state index in [9.17, 15) is 14.4 Å². The number of carbonyl (C=O) groups is 3. The van der Waals surface area contributed by atoms with Crippen LogP contribution in [0.2, 0.25) is 10.0 Å². The molecule has 0 aromatic heterocycles. The van der Waals surface area contributed by atoms with Crippen molar-refractivity contribution in [2.45, 2.75) is 6.61 Å². The van der Waals surface area contributed by atoms with Gasteiger partial charge < -0.3 is 15.4 Å². The number of rotatable bonds is 7. The molecule has 8 heteroatoms. The summed E-state index contributed by atoms with van der Waals surface area (Å²) in [6.45, 7) is -0.279. The second kappa shape index (κ2) is 10.6. The fourth-order valence-corrected chi connectivity index (χ4v) is 2.88. The largest absolute Gasteiger partial charge is 0.460 e. The number of nitrogens with one attached hydrogen (secondary N) is 2. The van der Waals surface area contributed by atoms with E-state index in [-0.39, 0.29) is 29.6 Å². The molecule has 31 heavy (non-hydrogen) atoms. The van der Waals surface area contributed by atoms with Crippen LogP contribution >= 0.6 is 23.2 Å². The summed E-state index contributed by atoms with van der Waals surface area (Å²) in [5, 5.41) is 5.84. The van der Waals surface area contributed by atoms with Crippen molar-refractivity contribution in [3.8, 4) is 0 Å². The minimum atomic E-state index is -0.598. The molecule has 2 N–H and O–H groups in total. The first-order valence-electron chi connectivity index (χ1n) is 9.26. The van der Waals surface area contributed by atoms with E-state index >= 15 is 0 Å². The van der Waals surface area contributed by atoms with Crippen molar-refractivity contribution in [3.63, 3.8) is 0 Å². The molecule has 0 spiro atoms. The SMILES string of the molecule is O=C(CNC(=O)c1ccc(Cl)c(Cl)c1)OCc1ccc(C(=O)Nc2ccccc2)cc1.